The average Bonchev–Trinajstić information content (AvgIpc) is 2.71. The number of aryl methyl sites for hydroxylation is 1. The van der Waals surface area contributed by atoms with Crippen LogP contribution in [0.4, 0.5) is 11.5 Å². The van der Waals surface area contributed by atoms with Crippen molar-refractivity contribution in [2.45, 2.75) is 80.1 Å². The predicted molar refractivity (Wildman–Crippen MR) is 135 cm³/mol. The van der Waals surface area contributed by atoms with Crippen LogP contribution in [0.1, 0.15) is 79.3 Å². The molecule has 0 radical (unpaired) electrons. The van der Waals surface area contributed by atoms with Gasteiger partial charge in [0.1, 0.15) is 5.82 Å². The van der Waals surface area contributed by atoms with Crippen molar-refractivity contribution < 1.29 is 4.74 Å². The number of nitrogen functional groups attached to an aromatic ring is 1. The standard InChI is InChI=1S/C20H36N4O.C3H8.C2H6/c1-6-11-24(12-7-2)19-15-18(22-20(21)16-19)9-8-14-25-17(3)10-13-23(4)5;1-3-2;1-2/h15-16H,3,6-14H2,1-2,4-5H3,(H2,21,22);3H2,1-2H3;1-2H3. The van der Waals surface area contributed by atoms with Gasteiger partial charge < -0.3 is 20.3 Å². The van der Waals surface area contributed by atoms with Gasteiger partial charge in [0.2, 0.25) is 0 Å². The van der Waals surface area contributed by atoms with E-state index in [4.69, 9.17) is 10.5 Å². The minimum absolute atomic E-state index is 0.598. The van der Waals surface area contributed by atoms with Crippen molar-refractivity contribution in [1.29, 1.82) is 0 Å². The highest BCUT2D eigenvalue weighted by Gasteiger charge is 2.08. The third-order valence-electron chi connectivity index (χ3n) is 3.96. The molecule has 1 heterocycles. The Morgan fingerprint density at radius 2 is 1.60 bits per heavy atom. The second-order valence-electron chi connectivity index (χ2n) is 7.48. The molecule has 5 nitrogen and oxygen atoms in total. The summed E-state index contributed by atoms with van der Waals surface area (Å²) in [4.78, 5) is 9.00. The molecule has 1 aromatic heterocycles. The first-order valence-electron chi connectivity index (χ1n) is 11.8. The Bertz CT molecular complexity index is 526. The van der Waals surface area contributed by atoms with Gasteiger partial charge in [0, 0.05) is 43.5 Å². The maximum absolute atomic E-state index is 6.02. The van der Waals surface area contributed by atoms with Gasteiger partial charge in [0.25, 0.3) is 0 Å². The van der Waals surface area contributed by atoms with Gasteiger partial charge >= 0.3 is 0 Å². The molecule has 2 N–H and O–H groups in total. The third kappa shape index (κ3) is 16.1. The van der Waals surface area contributed by atoms with E-state index in [1.54, 1.807) is 0 Å². The molecule has 0 saturated heterocycles. The van der Waals surface area contributed by atoms with Gasteiger partial charge in [-0.25, -0.2) is 4.98 Å². The number of rotatable bonds is 13. The normalized spacial score (nSPS) is 9.90. The molecule has 176 valence electrons. The molecule has 0 aromatic carbocycles. The summed E-state index contributed by atoms with van der Waals surface area (Å²) < 4.78 is 5.71. The van der Waals surface area contributed by atoms with E-state index in [0.717, 1.165) is 63.2 Å². The molecule has 0 atom stereocenters. The molecule has 1 aromatic rings. The highest BCUT2D eigenvalue weighted by molar-refractivity contribution is 5.54. The first-order valence-corrected chi connectivity index (χ1v) is 11.8. The molecule has 0 aliphatic carbocycles. The van der Waals surface area contributed by atoms with Crippen molar-refractivity contribution in [2.24, 2.45) is 0 Å². The Morgan fingerprint density at radius 1 is 1.03 bits per heavy atom. The maximum Gasteiger partial charge on any atom is 0.125 e. The van der Waals surface area contributed by atoms with Crippen LogP contribution in [0.3, 0.4) is 0 Å². The summed E-state index contributed by atoms with van der Waals surface area (Å²) in [5, 5.41) is 0. The summed E-state index contributed by atoms with van der Waals surface area (Å²) in [5.74, 6) is 1.45. The second-order valence-corrected chi connectivity index (χ2v) is 7.48. The zero-order valence-corrected chi connectivity index (χ0v) is 21.3. The predicted octanol–water partition coefficient (Wildman–Crippen LogP) is 6.15. The quantitative estimate of drug-likeness (QED) is 0.305. The Morgan fingerprint density at radius 3 is 2.10 bits per heavy atom. The van der Waals surface area contributed by atoms with E-state index >= 15 is 0 Å². The largest absolute Gasteiger partial charge is 0.498 e. The zero-order valence-electron chi connectivity index (χ0n) is 21.3. The van der Waals surface area contributed by atoms with Gasteiger partial charge in [0.05, 0.1) is 12.4 Å². The first-order chi connectivity index (χ1) is 14.4. The smallest absolute Gasteiger partial charge is 0.125 e. The van der Waals surface area contributed by atoms with Crippen LogP contribution < -0.4 is 10.6 Å². The van der Waals surface area contributed by atoms with Crippen molar-refractivity contribution in [3.63, 3.8) is 0 Å². The summed E-state index contributed by atoms with van der Waals surface area (Å²) in [6, 6.07) is 4.15. The summed E-state index contributed by atoms with van der Waals surface area (Å²) in [6.07, 6.45) is 6.15. The van der Waals surface area contributed by atoms with Gasteiger partial charge in [-0.05, 0) is 45.8 Å². The third-order valence-corrected chi connectivity index (χ3v) is 3.96. The lowest BCUT2D eigenvalue weighted by molar-refractivity contribution is 0.193. The average molecular weight is 423 g/mol. The highest BCUT2D eigenvalue weighted by atomic mass is 16.5. The molecular formula is C25H50N4O. The van der Waals surface area contributed by atoms with E-state index in [2.05, 4.69) is 69.2 Å². The molecule has 0 amide bonds. The molecule has 0 aliphatic rings. The minimum Gasteiger partial charge on any atom is -0.498 e. The van der Waals surface area contributed by atoms with Gasteiger partial charge in [-0.1, -0.05) is 54.5 Å². The molecule has 0 aliphatic heterocycles. The fraction of sp³-hybridized carbons (Fsp3) is 0.720. The molecule has 5 heteroatoms. The Hall–Kier alpha value is -1.75. The van der Waals surface area contributed by atoms with Crippen molar-refractivity contribution in [1.82, 2.24) is 9.88 Å². The van der Waals surface area contributed by atoms with Crippen molar-refractivity contribution in [3.8, 4) is 0 Å². The van der Waals surface area contributed by atoms with E-state index < -0.39 is 0 Å². The molecular weight excluding hydrogens is 372 g/mol. The lowest BCUT2D eigenvalue weighted by atomic mass is 10.2. The number of aromatic nitrogens is 1. The number of anilines is 2. The van der Waals surface area contributed by atoms with Gasteiger partial charge in [-0.3, -0.25) is 0 Å². The lowest BCUT2D eigenvalue weighted by Crippen LogP contribution is -2.25. The number of nitrogens with two attached hydrogens (primary N) is 1. The van der Waals surface area contributed by atoms with E-state index in [1.807, 2.05) is 19.9 Å². The molecule has 0 bridgehead atoms. The van der Waals surface area contributed by atoms with Gasteiger partial charge in [-0.15, -0.1) is 0 Å². The fourth-order valence-electron chi connectivity index (χ4n) is 2.71. The maximum atomic E-state index is 6.02. The Labute approximate surface area is 187 Å². The van der Waals surface area contributed by atoms with Crippen molar-refractivity contribution in [2.75, 3.05) is 51.0 Å². The van der Waals surface area contributed by atoms with Crippen LogP contribution in [0.25, 0.3) is 0 Å². The van der Waals surface area contributed by atoms with Crippen molar-refractivity contribution in [3.05, 3.63) is 30.2 Å². The molecule has 0 fully saturated rings. The minimum atomic E-state index is 0.598. The van der Waals surface area contributed by atoms with Crippen LogP contribution in [0, 0.1) is 0 Å². The topological polar surface area (TPSA) is 54.6 Å². The second kappa shape index (κ2) is 20.5. The fourth-order valence-corrected chi connectivity index (χ4v) is 2.71. The van der Waals surface area contributed by atoms with Crippen LogP contribution in [0.2, 0.25) is 0 Å². The highest BCUT2D eigenvalue weighted by Crippen LogP contribution is 2.20. The van der Waals surface area contributed by atoms with Crippen LogP contribution >= 0.6 is 0 Å². The molecule has 0 saturated carbocycles. The van der Waals surface area contributed by atoms with E-state index in [0.29, 0.717) is 12.4 Å². The van der Waals surface area contributed by atoms with E-state index in [9.17, 15) is 0 Å². The summed E-state index contributed by atoms with van der Waals surface area (Å²) in [7, 11) is 4.10. The summed E-state index contributed by atoms with van der Waals surface area (Å²) in [5.41, 5.74) is 8.24. The van der Waals surface area contributed by atoms with Gasteiger partial charge in [0.15, 0.2) is 0 Å². The van der Waals surface area contributed by atoms with E-state index in [-0.39, 0.29) is 0 Å². The molecule has 0 spiro atoms. The summed E-state index contributed by atoms with van der Waals surface area (Å²) >= 11 is 0. The van der Waals surface area contributed by atoms with Crippen LogP contribution in [0.15, 0.2) is 24.5 Å². The number of hydrogen-bond donors (Lipinski definition) is 1. The SMILES string of the molecule is C=C(CCN(C)C)OCCCc1cc(N(CCC)CCC)cc(N)n1.CC.CCC. The van der Waals surface area contributed by atoms with E-state index in [1.165, 1.54) is 12.1 Å². The molecule has 1 rings (SSSR count). The summed E-state index contributed by atoms with van der Waals surface area (Å²) in [6.45, 7) is 20.4. The molecule has 0 unspecified atom stereocenters. The number of ether oxygens (including phenoxy) is 1. The Kier molecular flexibility index (Phi) is 20.8. The molecule has 30 heavy (non-hydrogen) atoms. The number of pyridine rings is 1. The van der Waals surface area contributed by atoms with Crippen molar-refractivity contribution >= 4 is 11.5 Å². The lowest BCUT2D eigenvalue weighted by Gasteiger charge is -2.24. The number of nitrogens with zero attached hydrogens (tertiary/aromatic N) is 3. The van der Waals surface area contributed by atoms with Crippen LogP contribution in [-0.2, 0) is 11.2 Å². The monoisotopic (exact) mass is 422 g/mol. The van der Waals surface area contributed by atoms with Crippen LogP contribution in [-0.4, -0.2) is 50.2 Å². The van der Waals surface area contributed by atoms with Gasteiger partial charge in [-0.2, -0.15) is 0 Å². The first kappa shape index (κ1) is 30.4. The zero-order chi connectivity index (χ0) is 23.4. The van der Waals surface area contributed by atoms with Crippen LogP contribution in [0.5, 0.6) is 0 Å². The Balaban J connectivity index is 0. The number of hydrogen-bond acceptors (Lipinski definition) is 5.